The molecule has 1 aliphatic heterocycles. The van der Waals surface area contributed by atoms with E-state index in [0.29, 0.717) is 18.3 Å². The molecule has 0 saturated carbocycles. The number of ether oxygens (including phenoxy) is 2. The summed E-state index contributed by atoms with van der Waals surface area (Å²) >= 11 is 1.84. The van der Waals surface area contributed by atoms with E-state index in [9.17, 15) is 5.11 Å². The summed E-state index contributed by atoms with van der Waals surface area (Å²) in [6.07, 6.45) is 0. The van der Waals surface area contributed by atoms with E-state index < -0.39 is 0 Å². The maximum absolute atomic E-state index is 10.1. The Morgan fingerprint density at radius 2 is 2.07 bits per heavy atom. The lowest BCUT2D eigenvalue weighted by Gasteiger charge is -2.34. The van der Waals surface area contributed by atoms with Crippen molar-refractivity contribution in [3.8, 4) is 11.5 Å². The van der Waals surface area contributed by atoms with Crippen molar-refractivity contribution in [2.75, 3.05) is 47.0 Å². The van der Waals surface area contributed by atoms with Crippen LogP contribution in [0.2, 0.25) is 0 Å². The van der Waals surface area contributed by atoms with Crippen molar-refractivity contribution in [1.82, 2.24) is 15.5 Å². The predicted molar refractivity (Wildman–Crippen MR) is 117 cm³/mol. The summed E-state index contributed by atoms with van der Waals surface area (Å²) < 4.78 is 10.8. The number of methoxy groups -OCH3 is 1. The zero-order valence-corrected chi connectivity index (χ0v) is 18.1. The summed E-state index contributed by atoms with van der Waals surface area (Å²) in [5.41, 5.74) is 0.755. The minimum Gasteiger partial charge on any atom is -0.508 e. The molecule has 8 heteroatoms. The molecule has 2 heterocycles. The standard InChI is InChI=1S/C21H30N4O3S/c1-15-4-7-20(29-15)18(25-8-10-28-11-9-25)14-24-21(22-2)23-13-16-12-17(27-3)5-6-19(16)26/h4-7,12,18,26H,8-11,13-14H2,1-3H3,(H2,22,23,24). The Balaban J connectivity index is 1.62. The van der Waals surface area contributed by atoms with Crippen LogP contribution < -0.4 is 15.4 Å². The number of rotatable bonds is 7. The van der Waals surface area contributed by atoms with Crippen LogP contribution in [0, 0.1) is 6.92 Å². The third-order valence-corrected chi connectivity index (χ3v) is 6.10. The number of hydrogen-bond acceptors (Lipinski definition) is 6. The first-order valence-electron chi connectivity index (χ1n) is 9.79. The molecule has 29 heavy (non-hydrogen) atoms. The number of benzene rings is 1. The Labute approximate surface area is 176 Å². The van der Waals surface area contributed by atoms with Gasteiger partial charge in [0.05, 0.1) is 26.4 Å². The molecule has 3 rings (SSSR count). The van der Waals surface area contributed by atoms with E-state index in [1.165, 1.54) is 9.75 Å². The Morgan fingerprint density at radius 1 is 1.28 bits per heavy atom. The number of nitrogens with one attached hydrogen (secondary N) is 2. The van der Waals surface area contributed by atoms with Gasteiger partial charge in [0, 0.05) is 48.5 Å². The zero-order chi connectivity index (χ0) is 20.6. The fraction of sp³-hybridized carbons (Fsp3) is 0.476. The van der Waals surface area contributed by atoms with Crippen LogP contribution in [0.4, 0.5) is 0 Å². The number of morpholine rings is 1. The predicted octanol–water partition coefficient (Wildman–Crippen LogP) is 2.51. The van der Waals surface area contributed by atoms with E-state index in [0.717, 1.165) is 38.4 Å². The normalized spacial score (nSPS) is 16.4. The van der Waals surface area contributed by atoms with Gasteiger partial charge in [-0.2, -0.15) is 0 Å². The smallest absolute Gasteiger partial charge is 0.191 e. The van der Waals surface area contributed by atoms with E-state index in [1.807, 2.05) is 17.4 Å². The number of phenols is 1. The summed E-state index contributed by atoms with van der Waals surface area (Å²) in [4.78, 5) is 9.45. The van der Waals surface area contributed by atoms with Gasteiger partial charge < -0.3 is 25.2 Å². The summed E-state index contributed by atoms with van der Waals surface area (Å²) in [6.45, 7) is 6.71. The molecule has 0 spiro atoms. The molecule has 0 radical (unpaired) electrons. The Hall–Kier alpha value is -2.29. The van der Waals surface area contributed by atoms with Crippen molar-refractivity contribution >= 4 is 17.3 Å². The number of aryl methyl sites for hydroxylation is 1. The second kappa shape index (κ2) is 10.5. The van der Waals surface area contributed by atoms with Gasteiger partial charge in [-0.25, -0.2) is 0 Å². The monoisotopic (exact) mass is 418 g/mol. The SMILES string of the molecule is CN=C(NCc1cc(OC)ccc1O)NCC(c1ccc(C)s1)N1CCOCC1. The summed E-state index contributed by atoms with van der Waals surface area (Å²) in [5, 5.41) is 16.8. The summed E-state index contributed by atoms with van der Waals surface area (Å²) in [7, 11) is 3.36. The van der Waals surface area contributed by atoms with Crippen LogP contribution in [0.1, 0.15) is 21.4 Å². The van der Waals surface area contributed by atoms with Gasteiger partial charge in [-0.15, -0.1) is 11.3 Å². The van der Waals surface area contributed by atoms with Gasteiger partial charge in [0.2, 0.25) is 0 Å². The highest BCUT2D eigenvalue weighted by atomic mass is 32.1. The molecule has 158 valence electrons. The van der Waals surface area contributed by atoms with Gasteiger partial charge in [-0.1, -0.05) is 0 Å². The number of thiophene rings is 1. The average molecular weight is 419 g/mol. The van der Waals surface area contributed by atoms with Crippen molar-refractivity contribution < 1.29 is 14.6 Å². The van der Waals surface area contributed by atoms with Crippen LogP contribution in [-0.4, -0.2) is 63.0 Å². The van der Waals surface area contributed by atoms with Crippen molar-refractivity contribution in [2.24, 2.45) is 4.99 Å². The molecule has 0 bridgehead atoms. The molecular weight excluding hydrogens is 388 g/mol. The second-order valence-corrected chi connectivity index (χ2v) is 8.23. The average Bonchev–Trinajstić information content (AvgIpc) is 3.18. The van der Waals surface area contributed by atoms with Gasteiger partial charge in [0.15, 0.2) is 5.96 Å². The van der Waals surface area contributed by atoms with Gasteiger partial charge in [0.25, 0.3) is 0 Å². The summed E-state index contributed by atoms with van der Waals surface area (Å²) in [6, 6.07) is 9.85. The third kappa shape index (κ3) is 5.85. The zero-order valence-electron chi connectivity index (χ0n) is 17.3. The van der Waals surface area contributed by atoms with Crippen LogP contribution in [-0.2, 0) is 11.3 Å². The maximum atomic E-state index is 10.1. The first kappa shape index (κ1) is 21.4. The topological polar surface area (TPSA) is 78.4 Å². The molecule has 1 aromatic carbocycles. The van der Waals surface area contributed by atoms with Crippen LogP contribution in [0.15, 0.2) is 35.3 Å². The Bertz CT molecular complexity index is 818. The molecule has 1 aromatic heterocycles. The van der Waals surface area contributed by atoms with Crippen LogP contribution in [0.25, 0.3) is 0 Å². The van der Waals surface area contributed by atoms with Crippen LogP contribution in [0.3, 0.4) is 0 Å². The minimum absolute atomic E-state index is 0.231. The van der Waals surface area contributed by atoms with Crippen molar-refractivity contribution in [1.29, 1.82) is 0 Å². The maximum Gasteiger partial charge on any atom is 0.191 e. The number of nitrogens with zero attached hydrogens (tertiary/aromatic N) is 2. The van der Waals surface area contributed by atoms with Gasteiger partial charge >= 0.3 is 0 Å². The van der Waals surface area contributed by atoms with E-state index in [1.54, 1.807) is 26.3 Å². The molecule has 1 aliphatic rings. The molecular formula is C21H30N4O3S. The molecule has 0 amide bonds. The minimum atomic E-state index is 0.231. The Kier molecular flexibility index (Phi) is 7.74. The fourth-order valence-electron chi connectivity index (χ4n) is 3.35. The molecule has 2 aromatic rings. The first-order valence-corrected chi connectivity index (χ1v) is 10.6. The van der Waals surface area contributed by atoms with Gasteiger partial charge in [0.1, 0.15) is 11.5 Å². The molecule has 0 aliphatic carbocycles. The largest absolute Gasteiger partial charge is 0.508 e. The van der Waals surface area contributed by atoms with Crippen molar-refractivity contribution in [3.05, 3.63) is 45.6 Å². The van der Waals surface area contributed by atoms with Crippen LogP contribution in [0.5, 0.6) is 11.5 Å². The van der Waals surface area contributed by atoms with E-state index in [4.69, 9.17) is 9.47 Å². The van der Waals surface area contributed by atoms with Crippen molar-refractivity contribution in [2.45, 2.75) is 19.5 Å². The lowest BCUT2D eigenvalue weighted by molar-refractivity contribution is 0.0177. The second-order valence-electron chi connectivity index (χ2n) is 6.91. The third-order valence-electron chi connectivity index (χ3n) is 5.00. The van der Waals surface area contributed by atoms with Gasteiger partial charge in [-0.3, -0.25) is 9.89 Å². The van der Waals surface area contributed by atoms with E-state index in [-0.39, 0.29) is 11.8 Å². The molecule has 1 saturated heterocycles. The first-order chi connectivity index (χ1) is 14.1. The highest BCUT2D eigenvalue weighted by Crippen LogP contribution is 2.28. The van der Waals surface area contributed by atoms with Crippen molar-refractivity contribution in [3.63, 3.8) is 0 Å². The van der Waals surface area contributed by atoms with Gasteiger partial charge in [-0.05, 0) is 37.3 Å². The molecule has 3 N–H and O–H groups in total. The molecule has 1 atom stereocenters. The quantitative estimate of drug-likeness (QED) is 0.474. The number of phenolic OH excluding ortho intramolecular Hbond substituents is 1. The molecule has 1 fully saturated rings. The number of hydrogen-bond donors (Lipinski definition) is 3. The highest BCUT2D eigenvalue weighted by Gasteiger charge is 2.24. The van der Waals surface area contributed by atoms with E-state index >= 15 is 0 Å². The Morgan fingerprint density at radius 3 is 2.72 bits per heavy atom. The number of aromatic hydroxyl groups is 1. The van der Waals surface area contributed by atoms with Crippen LogP contribution >= 0.6 is 11.3 Å². The molecule has 1 unspecified atom stereocenters. The fourth-order valence-corrected chi connectivity index (χ4v) is 4.37. The molecule has 7 nitrogen and oxygen atoms in total. The summed E-state index contributed by atoms with van der Waals surface area (Å²) in [5.74, 6) is 1.63. The lowest BCUT2D eigenvalue weighted by Crippen LogP contribution is -2.46. The van der Waals surface area contributed by atoms with E-state index in [2.05, 4.69) is 39.6 Å². The highest BCUT2D eigenvalue weighted by molar-refractivity contribution is 7.12. The lowest BCUT2D eigenvalue weighted by atomic mass is 10.2. The number of aliphatic imine (C=N–C) groups is 1. The number of guanidine groups is 1.